The van der Waals surface area contributed by atoms with Crippen LogP contribution in [0.2, 0.25) is 0 Å². The Morgan fingerprint density at radius 2 is 1.44 bits per heavy atom. The molecule has 7 heteroatoms. The molecule has 0 atom stereocenters. The zero-order chi connectivity index (χ0) is 12.5. The van der Waals surface area contributed by atoms with Crippen LogP contribution in [0.25, 0.3) is 0 Å². The first kappa shape index (κ1) is 11.8. The standard InChI is InChI=1S/C9H8N2O5/c1-5-7(4-12)6(2)9(11(15)16)3-8(5)10(13)14/h3-4H,1-2H3. The highest BCUT2D eigenvalue weighted by molar-refractivity contribution is 5.84. The van der Waals surface area contributed by atoms with Crippen LogP contribution < -0.4 is 0 Å². The summed E-state index contributed by atoms with van der Waals surface area (Å²) in [6.07, 6.45) is 0.394. The molecule has 0 unspecified atom stereocenters. The van der Waals surface area contributed by atoms with Gasteiger partial charge >= 0.3 is 0 Å². The van der Waals surface area contributed by atoms with Crippen molar-refractivity contribution in [3.05, 3.63) is 43.0 Å². The van der Waals surface area contributed by atoms with E-state index in [4.69, 9.17) is 0 Å². The van der Waals surface area contributed by atoms with Gasteiger partial charge in [0.15, 0.2) is 6.29 Å². The molecule has 1 aromatic rings. The monoisotopic (exact) mass is 224 g/mol. The predicted molar refractivity (Wildman–Crippen MR) is 54.6 cm³/mol. The van der Waals surface area contributed by atoms with Gasteiger partial charge in [-0.2, -0.15) is 0 Å². The van der Waals surface area contributed by atoms with Crippen LogP contribution in [-0.4, -0.2) is 16.1 Å². The maximum absolute atomic E-state index is 10.8. The number of carbonyl (C=O) groups excluding carboxylic acids is 1. The molecule has 0 amide bonds. The van der Waals surface area contributed by atoms with E-state index in [9.17, 15) is 25.0 Å². The highest BCUT2D eigenvalue weighted by Gasteiger charge is 2.24. The summed E-state index contributed by atoms with van der Waals surface area (Å²) in [6.45, 7) is 2.77. The molecule has 0 heterocycles. The van der Waals surface area contributed by atoms with Gasteiger partial charge in [-0.05, 0) is 13.8 Å². The van der Waals surface area contributed by atoms with Crippen LogP contribution in [0.15, 0.2) is 6.07 Å². The minimum Gasteiger partial charge on any atom is -0.298 e. The maximum atomic E-state index is 10.8. The van der Waals surface area contributed by atoms with Gasteiger partial charge in [0.25, 0.3) is 11.4 Å². The van der Waals surface area contributed by atoms with Crippen LogP contribution in [0.1, 0.15) is 21.5 Å². The fourth-order valence-corrected chi connectivity index (χ4v) is 1.46. The highest BCUT2D eigenvalue weighted by Crippen LogP contribution is 2.31. The largest absolute Gasteiger partial charge is 0.298 e. The Hall–Kier alpha value is -2.31. The van der Waals surface area contributed by atoms with Crippen LogP contribution in [0.4, 0.5) is 11.4 Å². The first-order valence-electron chi connectivity index (χ1n) is 4.28. The fraction of sp³-hybridized carbons (Fsp3) is 0.222. The molecule has 0 spiro atoms. The summed E-state index contributed by atoms with van der Waals surface area (Å²) in [5.41, 5.74) is -0.550. The van der Waals surface area contributed by atoms with E-state index in [1.165, 1.54) is 13.8 Å². The average Bonchev–Trinajstić information content (AvgIpc) is 2.17. The minimum absolute atomic E-state index is 0.000833. The molecule has 84 valence electrons. The number of nitrogens with zero attached hydrogens (tertiary/aromatic N) is 2. The van der Waals surface area contributed by atoms with Gasteiger partial charge in [0.05, 0.1) is 15.9 Å². The summed E-state index contributed by atoms with van der Waals surface area (Å²) >= 11 is 0. The Kier molecular flexibility index (Phi) is 2.98. The molecule has 0 aliphatic rings. The molecular formula is C9H8N2O5. The lowest BCUT2D eigenvalue weighted by atomic mass is 10.0. The second-order valence-electron chi connectivity index (χ2n) is 3.21. The van der Waals surface area contributed by atoms with Gasteiger partial charge in [-0.15, -0.1) is 0 Å². The number of carbonyl (C=O) groups is 1. The first-order valence-corrected chi connectivity index (χ1v) is 4.28. The zero-order valence-electron chi connectivity index (χ0n) is 8.59. The van der Waals surface area contributed by atoms with E-state index >= 15 is 0 Å². The Morgan fingerprint density at radius 1 is 1.06 bits per heavy atom. The molecule has 7 nitrogen and oxygen atoms in total. The van der Waals surface area contributed by atoms with Gasteiger partial charge in [0, 0.05) is 16.7 Å². The third kappa shape index (κ3) is 1.74. The third-order valence-electron chi connectivity index (χ3n) is 2.36. The fourth-order valence-electron chi connectivity index (χ4n) is 1.46. The molecule has 0 fully saturated rings. The maximum Gasteiger partial charge on any atom is 0.279 e. The molecular weight excluding hydrogens is 216 g/mol. The van der Waals surface area contributed by atoms with Crippen molar-refractivity contribution in [1.82, 2.24) is 0 Å². The smallest absolute Gasteiger partial charge is 0.279 e. The lowest BCUT2D eigenvalue weighted by Crippen LogP contribution is -2.02. The van der Waals surface area contributed by atoms with Gasteiger partial charge < -0.3 is 0 Å². The summed E-state index contributed by atoms with van der Waals surface area (Å²) in [5, 5.41) is 21.3. The van der Waals surface area contributed by atoms with Gasteiger partial charge in [-0.3, -0.25) is 25.0 Å². The SMILES string of the molecule is Cc1c([N+](=O)[O-])cc([N+](=O)[O-])c(C)c1C=O. The molecule has 0 saturated carbocycles. The van der Waals surface area contributed by atoms with Crippen LogP contribution >= 0.6 is 0 Å². The molecule has 0 radical (unpaired) electrons. The van der Waals surface area contributed by atoms with Crippen LogP contribution in [0.5, 0.6) is 0 Å². The summed E-state index contributed by atoms with van der Waals surface area (Å²) in [7, 11) is 0. The number of hydrogen-bond acceptors (Lipinski definition) is 5. The molecule has 1 rings (SSSR count). The number of hydrogen-bond donors (Lipinski definition) is 0. The Bertz CT molecular complexity index is 457. The molecule has 0 bridgehead atoms. The normalized spacial score (nSPS) is 9.88. The number of rotatable bonds is 3. The number of nitro benzene ring substituents is 2. The highest BCUT2D eigenvalue weighted by atomic mass is 16.6. The van der Waals surface area contributed by atoms with Gasteiger partial charge in [0.1, 0.15) is 0 Å². The molecule has 0 aliphatic carbocycles. The second-order valence-corrected chi connectivity index (χ2v) is 3.21. The summed E-state index contributed by atoms with van der Waals surface area (Å²) in [5.74, 6) is 0. The zero-order valence-corrected chi connectivity index (χ0v) is 8.59. The Balaban J connectivity index is 3.69. The van der Waals surface area contributed by atoms with Crippen molar-refractivity contribution in [2.45, 2.75) is 13.8 Å². The Labute approximate surface area is 90.0 Å². The van der Waals surface area contributed by atoms with Crippen molar-refractivity contribution >= 4 is 17.7 Å². The van der Waals surface area contributed by atoms with Crippen LogP contribution in [-0.2, 0) is 0 Å². The number of aldehydes is 1. The van der Waals surface area contributed by atoms with Gasteiger partial charge in [-0.25, -0.2) is 0 Å². The summed E-state index contributed by atoms with van der Waals surface area (Å²) in [4.78, 5) is 30.6. The molecule has 16 heavy (non-hydrogen) atoms. The summed E-state index contributed by atoms with van der Waals surface area (Å²) in [6, 6.07) is 0.873. The average molecular weight is 224 g/mol. The molecule has 0 aliphatic heterocycles. The van der Waals surface area contributed by atoms with Crippen molar-refractivity contribution in [2.75, 3.05) is 0 Å². The molecule has 0 N–H and O–H groups in total. The minimum atomic E-state index is -0.741. The molecule has 0 saturated heterocycles. The van der Waals surface area contributed by atoms with Crippen LogP contribution in [0, 0.1) is 34.1 Å². The van der Waals surface area contributed by atoms with Crippen molar-refractivity contribution < 1.29 is 14.6 Å². The van der Waals surface area contributed by atoms with Gasteiger partial charge in [-0.1, -0.05) is 0 Å². The lowest BCUT2D eigenvalue weighted by Gasteiger charge is -2.04. The number of benzene rings is 1. The first-order chi connectivity index (χ1) is 7.40. The van der Waals surface area contributed by atoms with E-state index in [2.05, 4.69) is 0 Å². The van der Waals surface area contributed by atoms with Gasteiger partial charge in [0.2, 0.25) is 0 Å². The predicted octanol–water partition coefficient (Wildman–Crippen LogP) is 1.93. The van der Waals surface area contributed by atoms with E-state index in [-0.39, 0.29) is 16.7 Å². The van der Waals surface area contributed by atoms with E-state index in [0.29, 0.717) is 6.29 Å². The topological polar surface area (TPSA) is 103 Å². The van der Waals surface area contributed by atoms with Crippen molar-refractivity contribution in [3.63, 3.8) is 0 Å². The van der Waals surface area contributed by atoms with E-state index < -0.39 is 21.2 Å². The third-order valence-corrected chi connectivity index (χ3v) is 2.36. The van der Waals surface area contributed by atoms with E-state index in [1.54, 1.807) is 0 Å². The second kappa shape index (κ2) is 4.05. The quantitative estimate of drug-likeness (QED) is 0.443. The molecule has 0 aromatic heterocycles. The lowest BCUT2D eigenvalue weighted by molar-refractivity contribution is -0.394. The van der Waals surface area contributed by atoms with Crippen LogP contribution in [0.3, 0.4) is 0 Å². The van der Waals surface area contributed by atoms with E-state index in [1.807, 2.05) is 0 Å². The summed E-state index contributed by atoms with van der Waals surface area (Å²) < 4.78 is 0. The Morgan fingerprint density at radius 3 is 1.69 bits per heavy atom. The molecule has 1 aromatic carbocycles. The van der Waals surface area contributed by atoms with Crippen molar-refractivity contribution in [3.8, 4) is 0 Å². The number of nitro groups is 2. The van der Waals surface area contributed by atoms with E-state index in [0.717, 1.165) is 6.07 Å². The van der Waals surface area contributed by atoms with Crippen molar-refractivity contribution in [1.29, 1.82) is 0 Å². The van der Waals surface area contributed by atoms with Crippen molar-refractivity contribution in [2.24, 2.45) is 0 Å².